The molecule has 224 valence electrons. The molecule has 14 heteroatoms. The molecule has 3 N–H and O–H groups in total. The van der Waals surface area contributed by atoms with Gasteiger partial charge in [0.05, 0.1) is 11.1 Å². The fraction of sp³-hybridized carbons (Fsp3) is 0.357. The monoisotopic (exact) mass is 604 g/mol. The summed E-state index contributed by atoms with van der Waals surface area (Å²) >= 11 is 5.99. The highest BCUT2D eigenvalue weighted by Crippen LogP contribution is 2.23. The Hall–Kier alpha value is -4.23. The number of nitrogens with zero attached hydrogens (tertiary/aromatic N) is 3. The highest BCUT2D eigenvalue weighted by atomic mass is 35.5. The van der Waals surface area contributed by atoms with Crippen LogP contribution >= 0.6 is 11.6 Å². The van der Waals surface area contributed by atoms with Crippen LogP contribution in [0.2, 0.25) is 5.02 Å². The van der Waals surface area contributed by atoms with Gasteiger partial charge >= 0.3 is 12.1 Å². The number of urea groups is 1. The number of carbonyl (C=O) groups excluding carboxylic acids is 3. The van der Waals surface area contributed by atoms with Crippen LogP contribution in [0, 0.1) is 11.6 Å². The van der Waals surface area contributed by atoms with Crippen molar-refractivity contribution in [3.05, 3.63) is 70.8 Å². The van der Waals surface area contributed by atoms with E-state index in [1.807, 2.05) is 0 Å². The summed E-state index contributed by atoms with van der Waals surface area (Å²) in [5.74, 6) is -0.840. The number of nitrogens with one attached hydrogen (secondary N) is 3. The number of aromatic nitrogens is 1. The molecule has 4 rings (SSSR count). The smallest absolute Gasteiger partial charge is 0.412 e. The molecule has 0 unspecified atom stereocenters. The Bertz CT molecular complexity index is 1400. The highest BCUT2D eigenvalue weighted by molar-refractivity contribution is 6.31. The van der Waals surface area contributed by atoms with E-state index in [2.05, 4.69) is 21.1 Å². The van der Waals surface area contributed by atoms with Gasteiger partial charge in [-0.25, -0.2) is 18.4 Å². The van der Waals surface area contributed by atoms with E-state index in [-0.39, 0.29) is 48.5 Å². The molecule has 1 aliphatic heterocycles. The van der Waals surface area contributed by atoms with Crippen LogP contribution in [0.15, 0.2) is 53.1 Å². The summed E-state index contributed by atoms with van der Waals surface area (Å²) in [7, 11) is 1.51. The predicted octanol–water partition coefficient (Wildman–Crippen LogP) is 4.24. The molecule has 1 saturated heterocycles. The topological polar surface area (TPSA) is 129 Å². The largest absolute Gasteiger partial charge is 0.447 e. The van der Waals surface area contributed by atoms with Crippen LogP contribution < -0.4 is 16.0 Å². The number of halogens is 3. The third-order valence-corrected chi connectivity index (χ3v) is 7.17. The Labute approximate surface area is 246 Å². The van der Waals surface area contributed by atoms with Crippen LogP contribution in [0.1, 0.15) is 18.4 Å². The lowest BCUT2D eigenvalue weighted by Crippen LogP contribution is -2.48. The van der Waals surface area contributed by atoms with Crippen molar-refractivity contribution < 1.29 is 32.4 Å². The van der Waals surface area contributed by atoms with E-state index in [1.165, 1.54) is 48.3 Å². The summed E-state index contributed by atoms with van der Waals surface area (Å²) in [6.07, 6.45) is -0.523. The number of amides is 4. The number of hydrogen-bond donors (Lipinski definition) is 3. The minimum absolute atomic E-state index is 0.0344. The Balaban J connectivity index is 1.36. The zero-order valence-corrected chi connectivity index (χ0v) is 23.6. The van der Waals surface area contributed by atoms with Gasteiger partial charge in [0.2, 0.25) is 5.91 Å². The lowest BCUT2D eigenvalue weighted by molar-refractivity contribution is -0.132. The molecule has 2 aromatic carbocycles. The quantitative estimate of drug-likeness (QED) is 0.316. The first-order valence-electron chi connectivity index (χ1n) is 13.3. The van der Waals surface area contributed by atoms with Crippen molar-refractivity contribution in [2.75, 3.05) is 45.2 Å². The first-order valence-corrected chi connectivity index (χ1v) is 13.7. The normalized spacial score (nSPS) is 13.8. The molecule has 2 heterocycles. The Morgan fingerprint density at radius 2 is 1.93 bits per heavy atom. The minimum atomic E-state index is -0.868. The van der Waals surface area contributed by atoms with Gasteiger partial charge in [-0.15, -0.1) is 0 Å². The van der Waals surface area contributed by atoms with Gasteiger partial charge in [0.25, 0.3) is 0 Å². The number of anilines is 1. The van der Waals surface area contributed by atoms with Crippen LogP contribution in [0.4, 0.5) is 24.2 Å². The second-order valence-corrected chi connectivity index (χ2v) is 9.99. The number of likely N-dealkylation sites (N-methyl/N-ethyl adjacent to an activating group) is 1. The Morgan fingerprint density at radius 3 is 2.69 bits per heavy atom. The van der Waals surface area contributed by atoms with Gasteiger partial charge in [0, 0.05) is 57.8 Å². The lowest BCUT2D eigenvalue weighted by Gasteiger charge is -2.30. The summed E-state index contributed by atoms with van der Waals surface area (Å²) in [4.78, 5) is 41.3. The predicted molar refractivity (Wildman–Crippen MR) is 151 cm³/mol. The van der Waals surface area contributed by atoms with Crippen LogP contribution in [-0.4, -0.2) is 78.9 Å². The van der Waals surface area contributed by atoms with E-state index in [4.69, 9.17) is 20.9 Å². The van der Waals surface area contributed by atoms with Crippen molar-refractivity contribution in [3.63, 3.8) is 0 Å². The summed E-state index contributed by atoms with van der Waals surface area (Å²) in [6, 6.07) is 10.2. The third kappa shape index (κ3) is 8.40. The van der Waals surface area contributed by atoms with Crippen molar-refractivity contribution >= 4 is 35.5 Å². The van der Waals surface area contributed by atoms with E-state index in [1.54, 1.807) is 17.0 Å². The van der Waals surface area contributed by atoms with Crippen molar-refractivity contribution in [1.82, 2.24) is 25.6 Å². The van der Waals surface area contributed by atoms with Crippen LogP contribution in [0.25, 0.3) is 11.3 Å². The molecule has 0 radical (unpaired) electrons. The van der Waals surface area contributed by atoms with E-state index < -0.39 is 29.8 Å². The molecule has 0 bridgehead atoms. The average molecular weight is 605 g/mol. The molecule has 42 heavy (non-hydrogen) atoms. The molecule has 1 aliphatic rings. The summed E-state index contributed by atoms with van der Waals surface area (Å²) in [6.45, 7) is 2.30. The number of benzene rings is 2. The van der Waals surface area contributed by atoms with Crippen molar-refractivity contribution in [3.8, 4) is 11.3 Å². The number of rotatable bonds is 10. The average Bonchev–Trinajstić information content (AvgIpc) is 3.46. The molecule has 1 fully saturated rings. The number of piperazine rings is 1. The highest BCUT2D eigenvalue weighted by Gasteiger charge is 2.25. The van der Waals surface area contributed by atoms with Gasteiger partial charge < -0.3 is 29.7 Å². The van der Waals surface area contributed by atoms with Crippen molar-refractivity contribution in [2.45, 2.75) is 25.4 Å². The SMILES string of the molecule is CN(C(=O)NCc1cccc(F)c1Cl)[C@H](CCC(=O)N1CCNCC1)COC(=O)Nc1cc(-c2cccc(F)c2)on1. The van der Waals surface area contributed by atoms with Gasteiger partial charge in [0.15, 0.2) is 11.6 Å². The molecule has 11 nitrogen and oxygen atoms in total. The molecule has 4 amide bonds. The van der Waals surface area contributed by atoms with Crippen LogP contribution in [0.3, 0.4) is 0 Å². The molecule has 1 atom stereocenters. The van der Waals surface area contributed by atoms with E-state index in [0.717, 1.165) is 0 Å². The maximum atomic E-state index is 13.8. The summed E-state index contributed by atoms with van der Waals surface area (Å²) in [5, 5.41) is 12.0. The van der Waals surface area contributed by atoms with Gasteiger partial charge in [0.1, 0.15) is 18.2 Å². The number of hydrogen-bond acceptors (Lipinski definition) is 7. The van der Waals surface area contributed by atoms with Gasteiger partial charge in [-0.1, -0.05) is 41.0 Å². The second-order valence-electron chi connectivity index (χ2n) is 9.62. The number of carbonyl (C=O) groups is 3. The van der Waals surface area contributed by atoms with Crippen molar-refractivity contribution in [2.24, 2.45) is 0 Å². The van der Waals surface area contributed by atoms with Gasteiger partial charge in [-0.05, 0) is 30.2 Å². The first kappa shape index (κ1) is 30.7. The second kappa shape index (κ2) is 14.6. The number of ether oxygens (including phenoxy) is 1. The molecule has 0 aliphatic carbocycles. The molecule has 1 aromatic heterocycles. The third-order valence-electron chi connectivity index (χ3n) is 6.75. The fourth-order valence-electron chi connectivity index (χ4n) is 4.32. The van der Waals surface area contributed by atoms with Crippen LogP contribution in [0.5, 0.6) is 0 Å². The van der Waals surface area contributed by atoms with Crippen LogP contribution in [-0.2, 0) is 16.1 Å². The zero-order chi connectivity index (χ0) is 30.1. The first-order chi connectivity index (χ1) is 20.2. The summed E-state index contributed by atoms with van der Waals surface area (Å²) < 4.78 is 37.9. The Morgan fingerprint density at radius 1 is 1.17 bits per heavy atom. The van der Waals surface area contributed by atoms with E-state index in [0.29, 0.717) is 37.3 Å². The molecule has 3 aromatic rings. The standard InChI is InChI=1S/C28H31ClF2N6O5/c1-36(27(39)33-16-19-5-3-7-22(31)26(19)29)21(8-9-25(38)37-12-10-32-11-13-37)17-41-28(40)34-24-15-23(42-35-24)18-4-2-6-20(30)14-18/h2-7,14-15,21,32H,8-13,16-17H2,1H3,(H,33,39)(H,34,35,40)/t21-/m1/s1. The van der Waals surface area contributed by atoms with E-state index in [9.17, 15) is 23.2 Å². The Kier molecular flexibility index (Phi) is 10.7. The molecular weight excluding hydrogens is 574 g/mol. The molecule has 0 spiro atoms. The molecular formula is C28H31ClF2N6O5. The molecule has 0 saturated carbocycles. The van der Waals surface area contributed by atoms with Gasteiger partial charge in [-0.2, -0.15) is 0 Å². The van der Waals surface area contributed by atoms with Crippen molar-refractivity contribution in [1.29, 1.82) is 0 Å². The zero-order valence-electron chi connectivity index (χ0n) is 22.9. The lowest BCUT2D eigenvalue weighted by atomic mass is 10.1. The van der Waals surface area contributed by atoms with E-state index >= 15 is 0 Å². The summed E-state index contributed by atoms with van der Waals surface area (Å²) in [5.41, 5.74) is 0.829. The maximum Gasteiger partial charge on any atom is 0.412 e. The fourth-order valence-corrected chi connectivity index (χ4v) is 4.51. The maximum absolute atomic E-state index is 13.8. The van der Waals surface area contributed by atoms with Gasteiger partial charge in [-0.3, -0.25) is 10.1 Å². The minimum Gasteiger partial charge on any atom is -0.447 e.